The summed E-state index contributed by atoms with van der Waals surface area (Å²) >= 11 is 10.8. The first-order valence-corrected chi connectivity index (χ1v) is 35.1. The van der Waals surface area contributed by atoms with E-state index in [4.69, 9.17) is 17.3 Å². The minimum absolute atomic E-state index is 0.0291. The number of nitrogen functional groups attached to an aromatic ring is 1. The van der Waals surface area contributed by atoms with Crippen molar-refractivity contribution in [2.45, 2.75) is 125 Å². The minimum atomic E-state index is -0.316. The third-order valence-electron chi connectivity index (χ3n) is 18.2. The molecule has 20 heteroatoms. The van der Waals surface area contributed by atoms with E-state index in [1.807, 2.05) is 83.1 Å². The van der Waals surface area contributed by atoms with Crippen molar-refractivity contribution in [2.24, 2.45) is 5.92 Å². The first kappa shape index (κ1) is 64.3. The number of amides is 3. The molecular formula is C72H80ClFN12O3S3. The predicted molar refractivity (Wildman–Crippen MR) is 376 cm³/mol. The summed E-state index contributed by atoms with van der Waals surface area (Å²) in [4.78, 5) is 61.3. The number of carbonyl (C=O) groups excluding carboxylic acids is 3. The molecule has 92 heavy (non-hydrogen) atoms. The maximum absolute atomic E-state index is 14.8. The van der Waals surface area contributed by atoms with E-state index in [0.29, 0.717) is 59.6 Å². The van der Waals surface area contributed by atoms with E-state index in [0.717, 1.165) is 135 Å². The van der Waals surface area contributed by atoms with Crippen molar-refractivity contribution >= 4 is 111 Å². The third kappa shape index (κ3) is 14.5. The fourth-order valence-corrected chi connectivity index (χ4v) is 16.4. The normalized spacial score (nSPS) is 15.3. The monoisotopic (exact) mass is 1310 g/mol. The molecular weight excluding hydrogens is 1230 g/mol. The van der Waals surface area contributed by atoms with Crippen molar-refractivity contribution < 1.29 is 18.8 Å². The summed E-state index contributed by atoms with van der Waals surface area (Å²) in [5.74, 6) is 0.906. The highest BCUT2D eigenvalue weighted by Gasteiger charge is 2.28. The van der Waals surface area contributed by atoms with Crippen molar-refractivity contribution in [3.05, 3.63) is 184 Å². The number of halogens is 2. The van der Waals surface area contributed by atoms with Gasteiger partial charge in [-0.05, 0) is 210 Å². The van der Waals surface area contributed by atoms with Gasteiger partial charge in [0, 0.05) is 103 Å². The number of carbonyl (C=O) groups is 3. The van der Waals surface area contributed by atoms with Gasteiger partial charge in [-0.3, -0.25) is 14.4 Å². The van der Waals surface area contributed by atoms with Gasteiger partial charge >= 0.3 is 0 Å². The average molecular weight is 1310 g/mol. The lowest BCUT2D eigenvalue weighted by Gasteiger charge is -2.29. The Morgan fingerprint density at radius 2 is 1.20 bits per heavy atom. The Morgan fingerprint density at radius 1 is 0.630 bits per heavy atom. The van der Waals surface area contributed by atoms with E-state index in [9.17, 15) is 18.8 Å². The number of aromatic nitrogens is 5. The molecule has 1 aliphatic carbocycles. The highest BCUT2D eigenvalue weighted by atomic mass is 35.5. The lowest BCUT2D eigenvalue weighted by molar-refractivity contribution is 0.0949. The molecule has 7 aromatic heterocycles. The Bertz CT molecular complexity index is 4370. The minimum Gasteiger partial charge on any atom is -0.397 e. The molecule has 15 nitrogen and oxygen atoms in total. The van der Waals surface area contributed by atoms with Crippen LogP contribution in [0, 0.1) is 46.4 Å². The number of nitrogens with zero attached hydrogens (tertiary/aromatic N) is 7. The van der Waals surface area contributed by atoms with Crippen LogP contribution < -0.4 is 36.8 Å². The van der Waals surface area contributed by atoms with E-state index in [1.54, 1.807) is 16.9 Å². The zero-order chi connectivity index (χ0) is 64.2. The zero-order valence-electron chi connectivity index (χ0n) is 53.2. The van der Waals surface area contributed by atoms with Gasteiger partial charge in [0.05, 0.1) is 38.0 Å². The van der Waals surface area contributed by atoms with E-state index in [-0.39, 0.29) is 23.5 Å². The number of anilines is 3. The molecule has 2 saturated heterocycles. The molecule has 0 unspecified atom stereocenters. The van der Waals surface area contributed by atoms with E-state index < -0.39 is 0 Å². The van der Waals surface area contributed by atoms with Gasteiger partial charge in [0.25, 0.3) is 17.7 Å². The second-order valence-corrected chi connectivity index (χ2v) is 28.2. The number of benzene rings is 3. The largest absolute Gasteiger partial charge is 0.397 e. The van der Waals surface area contributed by atoms with Crippen LogP contribution in [0.3, 0.4) is 0 Å². The molecule has 0 spiro atoms. The van der Waals surface area contributed by atoms with Crippen LogP contribution in [0.2, 0.25) is 5.02 Å². The first-order valence-electron chi connectivity index (χ1n) is 32.3. The van der Waals surface area contributed by atoms with Gasteiger partial charge in [-0.25, -0.2) is 24.0 Å². The summed E-state index contributed by atoms with van der Waals surface area (Å²) in [5.41, 5.74) is 21.4. The van der Waals surface area contributed by atoms with E-state index in [2.05, 4.69) is 88.4 Å². The van der Waals surface area contributed by atoms with Gasteiger partial charge in [-0.1, -0.05) is 43.1 Å². The number of nitrogens with two attached hydrogens (primary N) is 1. The molecule has 1 saturated carbocycles. The molecule has 3 aliphatic heterocycles. The van der Waals surface area contributed by atoms with Gasteiger partial charge in [-0.15, -0.1) is 34.0 Å². The molecule has 1 atom stereocenters. The lowest BCUT2D eigenvalue weighted by Crippen LogP contribution is -2.29. The van der Waals surface area contributed by atoms with Crippen LogP contribution in [0.4, 0.5) is 21.5 Å². The van der Waals surface area contributed by atoms with Crippen LogP contribution in [0.25, 0.3) is 36.3 Å². The third-order valence-corrected chi connectivity index (χ3v) is 22.0. The quantitative estimate of drug-likeness (QED) is 0.0584. The van der Waals surface area contributed by atoms with Crippen LogP contribution >= 0.6 is 45.6 Å². The Hall–Kier alpha value is -7.81. The molecule has 478 valence electrons. The van der Waals surface area contributed by atoms with Gasteiger partial charge < -0.3 is 36.8 Å². The van der Waals surface area contributed by atoms with Crippen LogP contribution in [0.1, 0.15) is 149 Å². The number of fused-ring (bicyclic) bond motifs is 4. The molecule has 14 rings (SSSR count). The van der Waals surface area contributed by atoms with Crippen LogP contribution in [0.15, 0.2) is 97.2 Å². The number of hydrogen-bond donors (Lipinski definition) is 5. The Balaban J connectivity index is 0.000000133. The summed E-state index contributed by atoms with van der Waals surface area (Å²) in [5, 5.41) is 20.4. The Labute approximate surface area is 554 Å². The number of rotatable bonds is 17. The van der Waals surface area contributed by atoms with Crippen molar-refractivity contribution in [2.75, 3.05) is 61.3 Å². The highest BCUT2D eigenvalue weighted by molar-refractivity contribution is 7.21. The number of pyridine rings is 3. The zero-order valence-corrected chi connectivity index (χ0v) is 56.4. The smallest absolute Gasteiger partial charge is 0.263 e. The van der Waals surface area contributed by atoms with Crippen LogP contribution in [0.5, 0.6) is 0 Å². The number of nitrogens with one attached hydrogen (secondary N) is 4. The van der Waals surface area contributed by atoms with Crippen LogP contribution in [-0.2, 0) is 32.4 Å². The second-order valence-electron chi connectivity index (χ2n) is 24.8. The molecule has 0 radical (unpaired) electrons. The maximum atomic E-state index is 14.8. The fourth-order valence-electron chi connectivity index (χ4n) is 12.7. The molecule has 3 aromatic carbocycles. The van der Waals surface area contributed by atoms with Crippen molar-refractivity contribution in [3.8, 4) is 5.69 Å². The molecule has 10 heterocycles. The van der Waals surface area contributed by atoms with Gasteiger partial charge in [-0.2, -0.15) is 5.10 Å². The van der Waals surface area contributed by atoms with Crippen molar-refractivity contribution in [1.82, 2.24) is 46.0 Å². The molecule has 0 bridgehead atoms. The molecule has 6 N–H and O–H groups in total. The fraction of sp³-hybridized carbons (Fsp3) is 0.375. The van der Waals surface area contributed by atoms with Crippen molar-refractivity contribution in [1.29, 1.82) is 0 Å². The average Bonchev–Trinajstić information content (AvgIpc) is 1.74. The van der Waals surface area contributed by atoms with E-state index >= 15 is 0 Å². The van der Waals surface area contributed by atoms with Crippen molar-refractivity contribution in [3.63, 3.8) is 0 Å². The number of thiophene rings is 3. The summed E-state index contributed by atoms with van der Waals surface area (Å²) in [6, 6.07) is 30.3. The predicted octanol–water partition coefficient (Wildman–Crippen LogP) is 14.6. The van der Waals surface area contributed by atoms with Gasteiger partial charge in [0.15, 0.2) is 0 Å². The van der Waals surface area contributed by atoms with Crippen LogP contribution in [-0.4, -0.2) is 88.3 Å². The molecule has 4 aliphatic rings. The summed E-state index contributed by atoms with van der Waals surface area (Å²) < 4.78 is 16.4. The molecule has 10 aromatic rings. The summed E-state index contributed by atoms with van der Waals surface area (Å²) in [6.45, 7) is 19.6. The maximum Gasteiger partial charge on any atom is 0.263 e. The van der Waals surface area contributed by atoms with Gasteiger partial charge in [0.2, 0.25) is 0 Å². The second kappa shape index (κ2) is 28.6. The number of hydrogen-bond acceptors (Lipinski definition) is 14. The standard InChI is InChI=1S/C25H30N4OS.C24H28ClN3OS.C23H22FN5OS/c1-16-5-10-20-22(26)23(31-25(20)28-16)24(30)27-12-11-18-8-9-19(15-21(18)17-6-7-17)29-13-3-2-4-14-29;1-4-17-10-12-28(14-17)21-8-6-18(13-20(21)25)9-11-26-23(29)22-16(3)19-7-5-15(2)27-24(19)30-22;1-13-3-5-17-14(2)21(31-23(17)28-13)22(30)26-8-7-15-4-6-19(18(24)9-15)29-20-12-25-10-16(20)11-27-29/h5,8-10,15,17H,2-4,6-7,11-14,26H2,1H3,(H,27,30);5-8,13,17H,4,9-12,14H2,1-3H3,(H,26,29);3-6,9,11,25H,7-8,10,12H2,1-2H3,(H,26,30)/t;17-;/m.0./s1. The Kier molecular flexibility index (Phi) is 20.0. The molecule has 3 fully saturated rings. The molecule has 3 amide bonds. The van der Waals surface area contributed by atoms with E-state index in [1.165, 1.54) is 115 Å². The Morgan fingerprint density at radius 3 is 1.78 bits per heavy atom. The summed E-state index contributed by atoms with van der Waals surface area (Å²) in [7, 11) is 0. The summed E-state index contributed by atoms with van der Waals surface area (Å²) in [6.07, 6.45) is 12.9. The lowest BCUT2D eigenvalue weighted by atomic mass is 9.98. The highest BCUT2D eigenvalue weighted by Crippen LogP contribution is 2.44. The SMILES string of the molecule is CC[C@H]1CCN(c2ccc(CCNC(=O)c3sc4nc(C)ccc4c3C)cc2Cl)C1.Cc1ccc2c(C)c(C(=O)NCCc3ccc(-n4ncc5c4CNC5)c(F)c3)sc2n1.Cc1ccc2c(N)c(C(=O)NCCc3ccc(N4CCCCC4)cc3C3CC3)sc2n1. The first-order chi connectivity index (χ1) is 44.6. The number of aryl methyl sites for hydroxylation is 5. The topological polar surface area (TPSA) is 188 Å². The number of piperidine rings is 1. The van der Waals surface area contributed by atoms with Gasteiger partial charge in [0.1, 0.15) is 30.9 Å².